The average Bonchev–Trinajstić information content (AvgIpc) is 2.65. The van der Waals surface area contributed by atoms with Gasteiger partial charge in [-0.15, -0.1) is 0 Å². The van der Waals surface area contributed by atoms with Crippen LogP contribution in [0.15, 0.2) is 53.4 Å². The molecular weight excluding hydrogens is 378 g/mol. The first-order valence-corrected chi connectivity index (χ1v) is 10.2. The van der Waals surface area contributed by atoms with Gasteiger partial charge >= 0.3 is 0 Å². The molecule has 0 atom stereocenters. The van der Waals surface area contributed by atoms with E-state index in [4.69, 9.17) is 0 Å². The second-order valence-corrected chi connectivity index (χ2v) is 9.21. The van der Waals surface area contributed by atoms with Crippen molar-refractivity contribution in [2.75, 3.05) is 12.4 Å². The molecular formula is C20H25N3O4S. The lowest BCUT2D eigenvalue weighted by atomic mass is 9.95. The monoisotopic (exact) mass is 403 g/mol. The third-order valence-electron chi connectivity index (χ3n) is 3.99. The van der Waals surface area contributed by atoms with E-state index in [9.17, 15) is 18.0 Å². The quantitative estimate of drug-likeness (QED) is 0.689. The molecule has 3 N–H and O–H groups in total. The molecule has 2 aromatic rings. The molecule has 0 bridgehead atoms. The molecule has 0 spiro atoms. The Morgan fingerprint density at radius 3 is 2.32 bits per heavy atom. The highest BCUT2D eigenvalue weighted by Gasteiger charge is 2.21. The van der Waals surface area contributed by atoms with Crippen molar-refractivity contribution in [3.63, 3.8) is 0 Å². The number of rotatable bonds is 6. The van der Waals surface area contributed by atoms with Crippen LogP contribution < -0.4 is 15.4 Å². The van der Waals surface area contributed by atoms with Crippen LogP contribution in [-0.4, -0.2) is 27.3 Å². The summed E-state index contributed by atoms with van der Waals surface area (Å²) in [7, 11) is -2.20. The smallest absolute Gasteiger partial charge is 0.251 e. The first kappa shape index (κ1) is 21.6. The summed E-state index contributed by atoms with van der Waals surface area (Å²) in [6.07, 6.45) is 0. The molecule has 7 nitrogen and oxygen atoms in total. The van der Waals surface area contributed by atoms with Crippen molar-refractivity contribution >= 4 is 27.5 Å². The zero-order chi connectivity index (χ0) is 20.9. The Bertz CT molecular complexity index is 979. The molecule has 28 heavy (non-hydrogen) atoms. The third-order valence-corrected chi connectivity index (χ3v) is 5.41. The van der Waals surface area contributed by atoms with Crippen LogP contribution in [0.5, 0.6) is 0 Å². The van der Waals surface area contributed by atoms with Gasteiger partial charge in [0, 0.05) is 23.2 Å². The van der Waals surface area contributed by atoms with Crippen LogP contribution in [0, 0.1) is 5.41 Å². The third kappa shape index (κ3) is 5.64. The number of nitrogens with one attached hydrogen (secondary N) is 3. The molecule has 0 aromatic heterocycles. The number of carbonyl (C=O) groups is 2. The molecule has 2 amide bonds. The lowest BCUT2D eigenvalue weighted by Crippen LogP contribution is -2.28. The molecule has 0 saturated carbocycles. The Hall–Kier alpha value is -2.71. The van der Waals surface area contributed by atoms with Crippen LogP contribution in [0.1, 0.15) is 36.7 Å². The van der Waals surface area contributed by atoms with Gasteiger partial charge in [-0.05, 0) is 42.9 Å². The molecule has 150 valence electrons. The Kier molecular flexibility index (Phi) is 6.58. The van der Waals surface area contributed by atoms with Crippen LogP contribution >= 0.6 is 0 Å². The van der Waals surface area contributed by atoms with E-state index in [1.165, 1.54) is 19.2 Å². The highest BCUT2D eigenvalue weighted by molar-refractivity contribution is 7.89. The maximum atomic E-state index is 12.4. The summed E-state index contributed by atoms with van der Waals surface area (Å²) in [4.78, 5) is 24.7. The standard InChI is InChI=1S/C20H25N3O4S/c1-20(2,3)19(25)23-16-9-6-8-15(12-16)18(24)22-13-14-7-5-10-17(11-14)28(26,27)21-4/h5-12,21H,13H2,1-4H3,(H,22,24)(H,23,25). The summed E-state index contributed by atoms with van der Waals surface area (Å²) >= 11 is 0. The van der Waals surface area contributed by atoms with E-state index in [-0.39, 0.29) is 23.3 Å². The minimum Gasteiger partial charge on any atom is -0.348 e. The molecule has 0 aliphatic carbocycles. The second-order valence-electron chi connectivity index (χ2n) is 7.32. The van der Waals surface area contributed by atoms with Crippen molar-refractivity contribution in [2.45, 2.75) is 32.2 Å². The number of anilines is 1. The molecule has 2 aromatic carbocycles. The normalized spacial score (nSPS) is 11.7. The molecule has 0 aliphatic rings. The number of carbonyl (C=O) groups excluding carboxylic acids is 2. The van der Waals surface area contributed by atoms with Crippen molar-refractivity contribution in [3.8, 4) is 0 Å². The highest BCUT2D eigenvalue weighted by Crippen LogP contribution is 2.18. The zero-order valence-electron chi connectivity index (χ0n) is 16.4. The first-order chi connectivity index (χ1) is 13.0. The molecule has 0 radical (unpaired) electrons. The van der Waals surface area contributed by atoms with Gasteiger partial charge in [0.1, 0.15) is 0 Å². The van der Waals surface area contributed by atoms with Crippen molar-refractivity contribution in [1.29, 1.82) is 0 Å². The Labute approximate surface area is 165 Å². The van der Waals surface area contributed by atoms with Crippen LogP contribution in [0.4, 0.5) is 5.69 Å². The van der Waals surface area contributed by atoms with Crippen LogP contribution in [0.3, 0.4) is 0 Å². The SMILES string of the molecule is CNS(=O)(=O)c1cccc(CNC(=O)c2cccc(NC(=O)C(C)(C)C)c2)c1. The van der Waals surface area contributed by atoms with Gasteiger partial charge in [-0.25, -0.2) is 13.1 Å². The molecule has 8 heteroatoms. The maximum Gasteiger partial charge on any atom is 0.251 e. The number of hydrogen-bond acceptors (Lipinski definition) is 4. The van der Waals surface area contributed by atoms with E-state index < -0.39 is 15.4 Å². The van der Waals surface area contributed by atoms with E-state index in [1.54, 1.807) is 57.2 Å². The molecule has 0 fully saturated rings. The van der Waals surface area contributed by atoms with Gasteiger partial charge in [-0.1, -0.05) is 39.0 Å². The molecule has 0 heterocycles. The second kappa shape index (κ2) is 8.53. The zero-order valence-corrected chi connectivity index (χ0v) is 17.2. The van der Waals surface area contributed by atoms with Gasteiger partial charge in [0.05, 0.1) is 4.90 Å². The predicted molar refractivity (Wildman–Crippen MR) is 108 cm³/mol. The molecule has 2 rings (SSSR count). The van der Waals surface area contributed by atoms with Crippen LogP contribution in [0.2, 0.25) is 0 Å². The fourth-order valence-corrected chi connectivity index (χ4v) is 3.08. The molecule has 0 saturated heterocycles. The topological polar surface area (TPSA) is 104 Å². The Morgan fingerprint density at radius 1 is 1.00 bits per heavy atom. The van der Waals surface area contributed by atoms with Gasteiger partial charge in [0.15, 0.2) is 0 Å². The van der Waals surface area contributed by atoms with Crippen LogP contribution in [-0.2, 0) is 21.4 Å². The minimum absolute atomic E-state index is 0.133. The van der Waals surface area contributed by atoms with E-state index in [2.05, 4.69) is 15.4 Å². The lowest BCUT2D eigenvalue weighted by Gasteiger charge is -2.18. The summed E-state index contributed by atoms with van der Waals surface area (Å²) in [6, 6.07) is 13.0. The summed E-state index contributed by atoms with van der Waals surface area (Å²) in [5, 5.41) is 5.54. The van der Waals surface area contributed by atoms with Gasteiger partial charge in [-0.3, -0.25) is 9.59 Å². The molecule has 0 aliphatic heterocycles. The largest absolute Gasteiger partial charge is 0.348 e. The maximum absolute atomic E-state index is 12.4. The number of benzene rings is 2. The van der Waals surface area contributed by atoms with E-state index >= 15 is 0 Å². The fourth-order valence-electron chi connectivity index (χ4n) is 2.28. The fraction of sp³-hybridized carbons (Fsp3) is 0.300. The first-order valence-electron chi connectivity index (χ1n) is 8.75. The summed E-state index contributed by atoms with van der Waals surface area (Å²) in [5.74, 6) is -0.471. The van der Waals surface area contributed by atoms with Gasteiger partial charge in [0.2, 0.25) is 15.9 Å². The summed E-state index contributed by atoms with van der Waals surface area (Å²) < 4.78 is 26.0. The van der Waals surface area contributed by atoms with E-state index in [1.807, 2.05) is 0 Å². The Morgan fingerprint density at radius 2 is 1.68 bits per heavy atom. The van der Waals surface area contributed by atoms with Crippen molar-refractivity contribution in [2.24, 2.45) is 5.41 Å². The van der Waals surface area contributed by atoms with E-state index in [0.717, 1.165) is 0 Å². The Balaban J connectivity index is 2.07. The average molecular weight is 404 g/mol. The summed E-state index contributed by atoms with van der Waals surface area (Å²) in [5.41, 5.74) is 1.04. The lowest BCUT2D eigenvalue weighted by molar-refractivity contribution is -0.123. The van der Waals surface area contributed by atoms with Gasteiger partial charge in [-0.2, -0.15) is 0 Å². The van der Waals surface area contributed by atoms with Crippen molar-refractivity contribution in [1.82, 2.24) is 10.0 Å². The van der Waals surface area contributed by atoms with Crippen molar-refractivity contribution < 1.29 is 18.0 Å². The number of amides is 2. The molecule has 0 unspecified atom stereocenters. The van der Waals surface area contributed by atoms with Gasteiger partial charge in [0.25, 0.3) is 5.91 Å². The highest BCUT2D eigenvalue weighted by atomic mass is 32.2. The predicted octanol–water partition coefficient (Wildman–Crippen LogP) is 2.51. The van der Waals surface area contributed by atoms with Crippen molar-refractivity contribution in [3.05, 3.63) is 59.7 Å². The number of sulfonamides is 1. The minimum atomic E-state index is -3.54. The van der Waals surface area contributed by atoms with Crippen LogP contribution in [0.25, 0.3) is 0 Å². The number of hydrogen-bond donors (Lipinski definition) is 3. The van der Waals surface area contributed by atoms with E-state index in [0.29, 0.717) is 16.8 Å². The van der Waals surface area contributed by atoms with Gasteiger partial charge < -0.3 is 10.6 Å². The summed E-state index contributed by atoms with van der Waals surface area (Å²) in [6.45, 7) is 5.59.